The number of hydrogen-bond donors (Lipinski definition) is 0. The maximum absolute atomic E-state index is 5.87. The lowest BCUT2D eigenvalue weighted by molar-refractivity contribution is -0.0579. The monoisotopic (exact) mass is 443 g/mol. The average molecular weight is 444 g/mol. The second-order valence-electron chi connectivity index (χ2n) is 10.3. The lowest BCUT2D eigenvalue weighted by Gasteiger charge is -2.56. The summed E-state index contributed by atoms with van der Waals surface area (Å²) in [6, 6.07) is 21.2. The molecule has 3 nitrogen and oxygen atoms in total. The van der Waals surface area contributed by atoms with E-state index in [0.29, 0.717) is 5.92 Å². The van der Waals surface area contributed by atoms with Crippen LogP contribution in [-0.4, -0.2) is 30.2 Å². The van der Waals surface area contributed by atoms with Crippen molar-refractivity contribution in [3.63, 3.8) is 0 Å². The average Bonchev–Trinajstić information content (AvgIpc) is 2.81. The molecular weight excluding hydrogens is 406 g/mol. The van der Waals surface area contributed by atoms with Gasteiger partial charge in [0.1, 0.15) is 11.5 Å². The summed E-state index contributed by atoms with van der Waals surface area (Å²) in [6.45, 7) is 10.5. The van der Waals surface area contributed by atoms with E-state index in [1.807, 2.05) is 12.1 Å². The van der Waals surface area contributed by atoms with Crippen LogP contribution in [-0.2, 0) is 6.54 Å². The number of hydrogen-bond acceptors (Lipinski definition) is 3. The molecule has 1 atom stereocenters. The molecule has 0 N–H and O–H groups in total. The molecule has 0 aliphatic carbocycles. The van der Waals surface area contributed by atoms with E-state index < -0.39 is 0 Å². The summed E-state index contributed by atoms with van der Waals surface area (Å²) < 4.78 is 11.6. The molecule has 1 aliphatic heterocycles. The number of rotatable bonds is 6. The Hall–Kier alpha value is -2.78. The predicted octanol–water partition coefficient (Wildman–Crippen LogP) is 7.34. The first-order valence-corrected chi connectivity index (χ1v) is 11.9. The first-order chi connectivity index (χ1) is 15.8. The molecule has 0 spiro atoms. The Balaban J connectivity index is 1.69. The van der Waals surface area contributed by atoms with Crippen LogP contribution in [0.2, 0.25) is 0 Å². The van der Waals surface area contributed by atoms with E-state index in [1.165, 1.54) is 5.56 Å². The molecule has 0 radical (unpaired) electrons. The minimum Gasteiger partial charge on any atom is -0.496 e. The Kier molecular flexibility index (Phi) is 6.54. The summed E-state index contributed by atoms with van der Waals surface area (Å²) in [7, 11) is 3.48. The highest BCUT2D eigenvalue weighted by Crippen LogP contribution is 2.44. The Labute approximate surface area is 199 Å². The van der Waals surface area contributed by atoms with Crippen molar-refractivity contribution in [2.24, 2.45) is 5.92 Å². The Morgan fingerprint density at radius 1 is 0.909 bits per heavy atom. The summed E-state index contributed by atoms with van der Waals surface area (Å²) in [5, 5.41) is 2.15. The van der Waals surface area contributed by atoms with Crippen molar-refractivity contribution in [3.8, 4) is 11.5 Å². The van der Waals surface area contributed by atoms with Gasteiger partial charge in [-0.25, -0.2) is 0 Å². The quantitative estimate of drug-likeness (QED) is 0.398. The zero-order valence-corrected chi connectivity index (χ0v) is 20.9. The van der Waals surface area contributed by atoms with Crippen molar-refractivity contribution < 1.29 is 9.47 Å². The Morgan fingerprint density at radius 3 is 2.24 bits per heavy atom. The number of nitrogens with zero attached hydrogens (tertiary/aromatic N) is 1. The highest BCUT2D eigenvalue weighted by molar-refractivity contribution is 5.96. The molecule has 0 saturated carbocycles. The van der Waals surface area contributed by atoms with E-state index in [4.69, 9.17) is 9.47 Å². The summed E-state index contributed by atoms with van der Waals surface area (Å²) >= 11 is 0. The van der Waals surface area contributed by atoms with Crippen LogP contribution < -0.4 is 9.47 Å². The molecule has 0 aromatic heterocycles. The minimum absolute atomic E-state index is 0.0161. The van der Waals surface area contributed by atoms with E-state index in [0.717, 1.165) is 47.2 Å². The number of likely N-dealkylation sites (tertiary alicyclic amines) is 1. The number of ether oxygens (including phenoxy) is 2. The van der Waals surface area contributed by atoms with Crippen LogP contribution in [0.1, 0.15) is 51.7 Å². The lowest BCUT2D eigenvalue weighted by atomic mass is 9.72. The van der Waals surface area contributed by atoms with Crippen molar-refractivity contribution in [3.05, 3.63) is 77.9 Å². The van der Waals surface area contributed by atoms with Gasteiger partial charge in [-0.05, 0) is 58.1 Å². The van der Waals surface area contributed by atoms with Crippen molar-refractivity contribution in [1.82, 2.24) is 4.90 Å². The molecule has 1 aliphatic rings. The normalized spacial score (nSPS) is 20.2. The van der Waals surface area contributed by atoms with Gasteiger partial charge >= 0.3 is 0 Å². The molecule has 3 aromatic carbocycles. The number of methoxy groups -OCH3 is 2. The van der Waals surface area contributed by atoms with Gasteiger partial charge in [-0.15, -0.1) is 0 Å². The largest absolute Gasteiger partial charge is 0.496 e. The van der Waals surface area contributed by atoms with E-state index in [1.54, 1.807) is 14.2 Å². The van der Waals surface area contributed by atoms with Crippen LogP contribution in [0.15, 0.2) is 66.7 Å². The molecule has 1 unspecified atom stereocenters. The van der Waals surface area contributed by atoms with Crippen LogP contribution in [0.3, 0.4) is 0 Å². The van der Waals surface area contributed by atoms with Gasteiger partial charge in [-0.1, -0.05) is 66.7 Å². The van der Waals surface area contributed by atoms with E-state index in [-0.39, 0.29) is 11.1 Å². The maximum Gasteiger partial charge on any atom is 0.134 e. The fourth-order valence-corrected chi connectivity index (χ4v) is 5.57. The number of fused-ring (bicyclic) bond motifs is 1. The van der Waals surface area contributed by atoms with Crippen molar-refractivity contribution >= 4 is 16.8 Å². The van der Waals surface area contributed by atoms with Gasteiger partial charge < -0.3 is 9.47 Å². The third-order valence-corrected chi connectivity index (χ3v) is 7.50. The van der Waals surface area contributed by atoms with Crippen LogP contribution in [0.4, 0.5) is 0 Å². The number of benzene rings is 3. The molecule has 1 saturated heterocycles. The summed E-state index contributed by atoms with van der Waals surface area (Å²) in [5.74, 6) is 2.20. The molecule has 174 valence electrons. The van der Waals surface area contributed by atoms with Crippen LogP contribution >= 0.6 is 0 Å². The van der Waals surface area contributed by atoms with Gasteiger partial charge in [0.25, 0.3) is 0 Å². The topological polar surface area (TPSA) is 21.7 Å². The molecular formula is C30H37NO2. The van der Waals surface area contributed by atoms with Crippen molar-refractivity contribution in [2.75, 3.05) is 14.2 Å². The van der Waals surface area contributed by atoms with Gasteiger partial charge in [0.05, 0.1) is 14.2 Å². The molecule has 0 amide bonds. The molecule has 1 fully saturated rings. The van der Waals surface area contributed by atoms with Gasteiger partial charge in [-0.2, -0.15) is 0 Å². The van der Waals surface area contributed by atoms with E-state index in [9.17, 15) is 0 Å². The SMILES string of the molecule is COc1cc(C=CC2CCC(C)(C)N(Cc3ccccc3)C2(C)C)c(OC)c2ccccc12. The zero-order chi connectivity index (χ0) is 23.6. The fraction of sp³-hybridized carbons (Fsp3) is 0.400. The lowest BCUT2D eigenvalue weighted by Crippen LogP contribution is -2.61. The number of piperidine rings is 1. The van der Waals surface area contributed by atoms with Crippen molar-refractivity contribution in [2.45, 2.75) is 58.2 Å². The van der Waals surface area contributed by atoms with Gasteiger partial charge in [0.2, 0.25) is 0 Å². The Morgan fingerprint density at radius 2 is 1.58 bits per heavy atom. The third kappa shape index (κ3) is 4.52. The summed E-state index contributed by atoms with van der Waals surface area (Å²) in [4.78, 5) is 2.69. The fourth-order valence-electron chi connectivity index (χ4n) is 5.57. The molecule has 0 bridgehead atoms. The predicted molar refractivity (Wildman–Crippen MR) is 139 cm³/mol. The smallest absolute Gasteiger partial charge is 0.134 e. The van der Waals surface area contributed by atoms with Crippen LogP contribution in [0.5, 0.6) is 11.5 Å². The first-order valence-electron chi connectivity index (χ1n) is 11.9. The second-order valence-corrected chi connectivity index (χ2v) is 10.3. The molecule has 1 heterocycles. The molecule has 4 rings (SSSR count). The highest BCUT2D eigenvalue weighted by Gasteiger charge is 2.45. The van der Waals surface area contributed by atoms with Crippen molar-refractivity contribution in [1.29, 1.82) is 0 Å². The minimum atomic E-state index is 0.0161. The highest BCUT2D eigenvalue weighted by atomic mass is 16.5. The maximum atomic E-state index is 5.87. The van der Waals surface area contributed by atoms with E-state index >= 15 is 0 Å². The van der Waals surface area contributed by atoms with Gasteiger partial charge in [-0.3, -0.25) is 4.90 Å². The Bertz CT molecular complexity index is 1130. The van der Waals surface area contributed by atoms with Gasteiger partial charge in [0, 0.05) is 34.0 Å². The zero-order valence-electron chi connectivity index (χ0n) is 20.9. The first kappa shape index (κ1) is 23.4. The molecule has 3 heteroatoms. The standard InChI is InChI=1S/C30H37NO2/c1-29(2)19-18-24(30(3,4)31(29)21-22-12-8-7-9-13-22)17-16-23-20-27(32-5)25-14-10-11-15-26(25)28(23)33-6/h7-17,20,24H,18-19,21H2,1-6H3. The second kappa shape index (κ2) is 9.23. The molecule has 3 aromatic rings. The van der Waals surface area contributed by atoms with E-state index in [2.05, 4.69) is 93.3 Å². The molecule has 33 heavy (non-hydrogen) atoms. The van der Waals surface area contributed by atoms with Gasteiger partial charge in [0.15, 0.2) is 0 Å². The summed E-state index contributed by atoms with van der Waals surface area (Å²) in [6.07, 6.45) is 6.95. The third-order valence-electron chi connectivity index (χ3n) is 7.50. The summed E-state index contributed by atoms with van der Waals surface area (Å²) in [5.41, 5.74) is 2.59. The van der Waals surface area contributed by atoms with Crippen LogP contribution in [0, 0.1) is 5.92 Å². The van der Waals surface area contributed by atoms with Crippen LogP contribution in [0.25, 0.3) is 16.8 Å².